The Morgan fingerprint density at radius 2 is 1.92 bits per heavy atom. The monoisotopic (exact) mass is 341 g/mol. The van der Waals surface area contributed by atoms with Crippen LogP contribution < -0.4 is 11.2 Å². The number of hydrogen-bond donors (Lipinski definition) is 1. The molecule has 0 fully saturated rings. The summed E-state index contributed by atoms with van der Waals surface area (Å²) in [6.07, 6.45) is 1.19. The average molecular weight is 342 g/mol. The molecule has 0 aliphatic heterocycles. The minimum absolute atomic E-state index is 0.0102. The van der Waals surface area contributed by atoms with E-state index in [1.165, 1.54) is 0 Å². The number of benzene rings is 2. The molecule has 0 saturated heterocycles. The number of nitrogens with two attached hydrogens (primary N) is 1. The van der Waals surface area contributed by atoms with Crippen LogP contribution >= 0.6 is 11.6 Å². The zero-order valence-electron chi connectivity index (χ0n) is 13.6. The molecule has 0 amide bonds. The molecule has 2 aromatic carbocycles. The molecule has 1 heterocycles. The third-order valence-electron chi connectivity index (χ3n) is 4.19. The van der Waals surface area contributed by atoms with Gasteiger partial charge in [0.15, 0.2) is 5.43 Å². The molecular formula is C20H20ClNO2. The third kappa shape index (κ3) is 3.53. The van der Waals surface area contributed by atoms with E-state index < -0.39 is 0 Å². The molecule has 0 unspecified atom stereocenters. The van der Waals surface area contributed by atoms with E-state index in [0.29, 0.717) is 46.7 Å². The van der Waals surface area contributed by atoms with Crippen molar-refractivity contribution in [2.45, 2.75) is 19.8 Å². The van der Waals surface area contributed by atoms with Crippen molar-refractivity contribution in [2.75, 3.05) is 6.54 Å². The summed E-state index contributed by atoms with van der Waals surface area (Å²) in [5.74, 6) is 0.941. The van der Waals surface area contributed by atoms with Gasteiger partial charge in [0, 0.05) is 29.5 Å². The van der Waals surface area contributed by atoms with Crippen molar-refractivity contribution in [3.8, 4) is 0 Å². The molecule has 0 saturated carbocycles. The molecule has 3 nitrogen and oxygen atoms in total. The van der Waals surface area contributed by atoms with Crippen LogP contribution in [0.4, 0.5) is 0 Å². The van der Waals surface area contributed by atoms with Crippen LogP contribution in [0.1, 0.15) is 23.8 Å². The Labute approximate surface area is 146 Å². The van der Waals surface area contributed by atoms with Crippen molar-refractivity contribution in [1.29, 1.82) is 0 Å². The lowest BCUT2D eigenvalue weighted by molar-refractivity contribution is 0.469. The Bertz CT molecular complexity index is 903. The van der Waals surface area contributed by atoms with Crippen LogP contribution in [-0.2, 0) is 12.8 Å². The minimum atomic E-state index is 0.0102. The predicted molar refractivity (Wildman–Crippen MR) is 98.7 cm³/mol. The fourth-order valence-corrected chi connectivity index (χ4v) is 2.96. The molecule has 0 bridgehead atoms. The van der Waals surface area contributed by atoms with Crippen molar-refractivity contribution in [3.05, 3.63) is 80.7 Å². The van der Waals surface area contributed by atoms with E-state index >= 15 is 0 Å². The molecular weight excluding hydrogens is 322 g/mol. The summed E-state index contributed by atoms with van der Waals surface area (Å²) in [6.45, 7) is 2.59. The quantitative estimate of drug-likeness (QED) is 0.757. The van der Waals surface area contributed by atoms with Gasteiger partial charge in [-0.2, -0.15) is 0 Å². The summed E-state index contributed by atoms with van der Waals surface area (Å²) in [7, 11) is 0. The van der Waals surface area contributed by atoms with Crippen LogP contribution in [0.3, 0.4) is 0 Å². The first kappa shape index (κ1) is 16.7. The first-order valence-electron chi connectivity index (χ1n) is 8.06. The summed E-state index contributed by atoms with van der Waals surface area (Å²) in [5.41, 5.74) is 8.09. The van der Waals surface area contributed by atoms with Gasteiger partial charge in [-0.05, 0) is 30.2 Å². The molecule has 0 radical (unpaired) electrons. The Morgan fingerprint density at radius 3 is 2.62 bits per heavy atom. The molecule has 0 aliphatic rings. The van der Waals surface area contributed by atoms with Crippen molar-refractivity contribution in [3.63, 3.8) is 0 Å². The normalized spacial score (nSPS) is 12.5. The lowest BCUT2D eigenvalue weighted by Gasteiger charge is -2.13. The van der Waals surface area contributed by atoms with E-state index in [4.69, 9.17) is 21.8 Å². The van der Waals surface area contributed by atoms with Gasteiger partial charge in [-0.3, -0.25) is 4.79 Å². The van der Waals surface area contributed by atoms with Gasteiger partial charge >= 0.3 is 0 Å². The number of fused-ring (bicyclic) bond motifs is 1. The lowest BCUT2D eigenvalue weighted by atomic mass is 9.97. The van der Waals surface area contributed by atoms with Crippen LogP contribution in [0, 0.1) is 5.92 Å². The molecule has 24 heavy (non-hydrogen) atoms. The van der Waals surface area contributed by atoms with Gasteiger partial charge in [-0.15, -0.1) is 0 Å². The lowest BCUT2D eigenvalue weighted by Crippen LogP contribution is -2.18. The summed E-state index contributed by atoms with van der Waals surface area (Å²) < 4.78 is 6.06. The van der Waals surface area contributed by atoms with Crippen molar-refractivity contribution < 1.29 is 4.42 Å². The maximum Gasteiger partial charge on any atom is 0.196 e. The Hall–Kier alpha value is -2.10. The second-order valence-corrected chi connectivity index (χ2v) is 6.62. The van der Waals surface area contributed by atoms with Gasteiger partial charge in [0.2, 0.25) is 0 Å². The highest BCUT2D eigenvalue weighted by Gasteiger charge is 2.17. The molecule has 0 spiro atoms. The highest BCUT2D eigenvalue weighted by Crippen LogP contribution is 2.23. The van der Waals surface area contributed by atoms with Gasteiger partial charge in [0.25, 0.3) is 0 Å². The van der Waals surface area contributed by atoms with Gasteiger partial charge in [-0.25, -0.2) is 0 Å². The van der Waals surface area contributed by atoms with Gasteiger partial charge in [-0.1, -0.05) is 48.9 Å². The van der Waals surface area contributed by atoms with Crippen LogP contribution in [0.25, 0.3) is 11.0 Å². The number of rotatable bonds is 5. The zero-order chi connectivity index (χ0) is 17.1. The summed E-state index contributed by atoms with van der Waals surface area (Å²) >= 11 is 6.04. The first-order chi connectivity index (χ1) is 11.6. The predicted octanol–water partition coefficient (Wildman–Crippen LogP) is 4.17. The molecule has 3 aromatic rings. The van der Waals surface area contributed by atoms with Gasteiger partial charge in [0.05, 0.1) is 5.39 Å². The maximum atomic E-state index is 13.0. The van der Waals surface area contributed by atoms with Crippen molar-refractivity contribution in [2.24, 2.45) is 11.7 Å². The molecule has 1 aromatic heterocycles. The largest absolute Gasteiger partial charge is 0.460 e. The summed E-state index contributed by atoms with van der Waals surface area (Å²) in [5, 5.41) is 1.12. The number of halogens is 1. The number of hydrogen-bond acceptors (Lipinski definition) is 3. The van der Waals surface area contributed by atoms with Gasteiger partial charge in [0.1, 0.15) is 11.3 Å². The van der Waals surface area contributed by atoms with E-state index in [0.717, 1.165) is 5.56 Å². The molecule has 2 N–H and O–H groups in total. The Morgan fingerprint density at radius 1 is 1.17 bits per heavy atom. The van der Waals surface area contributed by atoms with Crippen LogP contribution in [0.5, 0.6) is 0 Å². The Kier molecular flexibility index (Phi) is 5.03. The van der Waals surface area contributed by atoms with Crippen LogP contribution in [-0.4, -0.2) is 6.54 Å². The Balaban J connectivity index is 2.16. The first-order valence-corrected chi connectivity index (χ1v) is 8.44. The second kappa shape index (κ2) is 7.20. The maximum absolute atomic E-state index is 13.0. The highest BCUT2D eigenvalue weighted by atomic mass is 35.5. The zero-order valence-corrected chi connectivity index (χ0v) is 14.3. The molecule has 1 atom stereocenters. The molecule has 3 rings (SSSR count). The van der Waals surface area contributed by atoms with Gasteiger partial charge < -0.3 is 10.2 Å². The molecule has 4 heteroatoms. The van der Waals surface area contributed by atoms with E-state index in [9.17, 15) is 4.79 Å². The summed E-state index contributed by atoms with van der Waals surface area (Å²) in [6, 6.07) is 15.1. The van der Waals surface area contributed by atoms with Crippen LogP contribution in [0.15, 0.2) is 57.7 Å². The highest BCUT2D eigenvalue weighted by molar-refractivity contribution is 6.31. The van der Waals surface area contributed by atoms with Crippen molar-refractivity contribution >= 4 is 22.6 Å². The third-order valence-corrected chi connectivity index (χ3v) is 4.43. The fraction of sp³-hybridized carbons (Fsp3) is 0.250. The van der Waals surface area contributed by atoms with E-state index in [1.807, 2.05) is 30.3 Å². The van der Waals surface area contributed by atoms with E-state index in [1.54, 1.807) is 18.2 Å². The fourth-order valence-electron chi connectivity index (χ4n) is 2.80. The van der Waals surface area contributed by atoms with Crippen molar-refractivity contribution in [1.82, 2.24) is 0 Å². The van der Waals surface area contributed by atoms with Crippen LogP contribution in [0.2, 0.25) is 5.02 Å². The second-order valence-electron chi connectivity index (χ2n) is 6.18. The standard InChI is InChI=1S/C20H20ClNO2/c1-13(12-22)9-18-17(10-14-5-3-2-4-6-14)20(23)16-8-7-15(21)11-19(16)24-18/h2-8,11,13H,9-10,12,22H2,1H3/t13-/m1/s1. The average Bonchev–Trinajstić information content (AvgIpc) is 2.59. The molecule has 124 valence electrons. The topological polar surface area (TPSA) is 56.2 Å². The SMILES string of the molecule is C[C@@H](CN)Cc1oc2cc(Cl)ccc2c(=O)c1Cc1ccccc1. The summed E-state index contributed by atoms with van der Waals surface area (Å²) in [4.78, 5) is 13.0. The van der Waals surface area contributed by atoms with E-state index in [-0.39, 0.29) is 11.3 Å². The molecule has 0 aliphatic carbocycles. The van der Waals surface area contributed by atoms with E-state index in [2.05, 4.69) is 6.92 Å². The smallest absolute Gasteiger partial charge is 0.196 e. The minimum Gasteiger partial charge on any atom is -0.460 e.